The molecule has 1 N–H and O–H groups in total. The molecule has 0 radical (unpaired) electrons. The van der Waals surface area contributed by atoms with Gasteiger partial charge in [0.05, 0.1) is 12.1 Å². The second-order valence-corrected chi connectivity index (χ2v) is 8.40. The summed E-state index contributed by atoms with van der Waals surface area (Å²) >= 11 is 0. The van der Waals surface area contributed by atoms with Crippen LogP contribution < -0.4 is 5.32 Å². The SMILES string of the molecule is CCN1C(=O)N[C@H]2C[C@H](C(=O)N3CCCC3)[C@H](C)[C@H](c3ccccc3)C[C@H]21. The van der Waals surface area contributed by atoms with Crippen LogP contribution in [0.2, 0.25) is 0 Å². The third kappa shape index (κ3) is 3.32. The number of amides is 3. The van der Waals surface area contributed by atoms with Gasteiger partial charge in [0, 0.05) is 25.6 Å². The highest BCUT2D eigenvalue weighted by Gasteiger charge is 2.48. The molecule has 5 nitrogen and oxygen atoms in total. The van der Waals surface area contributed by atoms with Crippen molar-refractivity contribution < 1.29 is 9.59 Å². The number of hydrogen-bond donors (Lipinski definition) is 1. The van der Waals surface area contributed by atoms with Crippen LogP contribution in [0, 0.1) is 11.8 Å². The molecule has 2 saturated heterocycles. The van der Waals surface area contributed by atoms with Crippen LogP contribution in [0.1, 0.15) is 51.0 Å². The van der Waals surface area contributed by atoms with E-state index in [0.29, 0.717) is 18.4 Å². The summed E-state index contributed by atoms with van der Waals surface area (Å²) in [6.45, 7) is 6.78. The fourth-order valence-corrected chi connectivity index (χ4v) is 5.47. The normalized spacial score (nSPS) is 33.6. The number of likely N-dealkylation sites (tertiary alicyclic amines) is 1. The van der Waals surface area contributed by atoms with Gasteiger partial charge in [-0.2, -0.15) is 0 Å². The van der Waals surface area contributed by atoms with E-state index >= 15 is 0 Å². The Hall–Kier alpha value is -2.04. The minimum Gasteiger partial charge on any atom is -0.342 e. The van der Waals surface area contributed by atoms with Gasteiger partial charge in [-0.25, -0.2) is 4.79 Å². The lowest BCUT2D eigenvalue weighted by molar-refractivity contribution is -0.136. The van der Waals surface area contributed by atoms with E-state index in [-0.39, 0.29) is 30.0 Å². The first-order valence-electron chi connectivity index (χ1n) is 10.5. The molecule has 4 rings (SSSR count). The van der Waals surface area contributed by atoms with Crippen molar-refractivity contribution in [1.82, 2.24) is 15.1 Å². The van der Waals surface area contributed by atoms with E-state index in [4.69, 9.17) is 0 Å². The number of carbonyl (C=O) groups excluding carboxylic acids is 2. The smallest absolute Gasteiger partial charge is 0.317 e. The highest BCUT2D eigenvalue weighted by Crippen LogP contribution is 2.43. The first-order valence-corrected chi connectivity index (χ1v) is 10.5. The maximum absolute atomic E-state index is 13.4. The summed E-state index contributed by atoms with van der Waals surface area (Å²) < 4.78 is 0. The standard InChI is InChI=1S/C22H31N3O2/c1-3-25-20-14-17(16-9-5-4-6-10-16)15(2)18(13-19(20)23-22(25)27)21(26)24-11-7-8-12-24/h4-6,9-10,15,17-20H,3,7-8,11-14H2,1-2H3,(H,23,27)/t15-,17-,18+,19+,20-/m1/s1. The van der Waals surface area contributed by atoms with Gasteiger partial charge < -0.3 is 15.1 Å². The lowest BCUT2D eigenvalue weighted by Crippen LogP contribution is -2.41. The molecule has 3 amide bonds. The average molecular weight is 370 g/mol. The third-order valence-corrected chi connectivity index (χ3v) is 7.01. The highest BCUT2D eigenvalue weighted by molar-refractivity contribution is 5.81. The van der Waals surface area contributed by atoms with Gasteiger partial charge in [-0.3, -0.25) is 4.79 Å². The maximum Gasteiger partial charge on any atom is 0.317 e. The van der Waals surface area contributed by atoms with Gasteiger partial charge in [0.15, 0.2) is 0 Å². The Labute approximate surface area is 162 Å². The third-order valence-electron chi connectivity index (χ3n) is 7.01. The van der Waals surface area contributed by atoms with Gasteiger partial charge in [-0.15, -0.1) is 0 Å². The lowest BCUT2D eigenvalue weighted by Gasteiger charge is -2.32. The fourth-order valence-electron chi connectivity index (χ4n) is 5.47. The summed E-state index contributed by atoms with van der Waals surface area (Å²) in [7, 11) is 0. The number of nitrogens with one attached hydrogen (secondary N) is 1. The Kier molecular flexibility index (Phi) is 5.11. The van der Waals surface area contributed by atoms with Crippen LogP contribution in [0.3, 0.4) is 0 Å². The van der Waals surface area contributed by atoms with Crippen LogP contribution in [0.15, 0.2) is 30.3 Å². The van der Waals surface area contributed by atoms with Crippen molar-refractivity contribution in [1.29, 1.82) is 0 Å². The Morgan fingerprint density at radius 2 is 1.85 bits per heavy atom. The van der Waals surface area contributed by atoms with Crippen LogP contribution in [-0.4, -0.2) is 53.5 Å². The van der Waals surface area contributed by atoms with Crippen molar-refractivity contribution in [3.63, 3.8) is 0 Å². The molecule has 1 aliphatic carbocycles. The molecule has 3 fully saturated rings. The summed E-state index contributed by atoms with van der Waals surface area (Å²) in [5.41, 5.74) is 1.29. The zero-order chi connectivity index (χ0) is 19.0. The van der Waals surface area contributed by atoms with Crippen LogP contribution in [-0.2, 0) is 4.79 Å². The minimum atomic E-state index is -0.0274. The molecule has 5 heteroatoms. The average Bonchev–Trinajstić information content (AvgIpc) is 3.29. The zero-order valence-electron chi connectivity index (χ0n) is 16.4. The number of likely N-dealkylation sites (N-methyl/N-ethyl adjacent to an activating group) is 1. The van der Waals surface area contributed by atoms with E-state index < -0.39 is 0 Å². The van der Waals surface area contributed by atoms with E-state index in [9.17, 15) is 9.59 Å². The number of hydrogen-bond acceptors (Lipinski definition) is 2. The van der Waals surface area contributed by atoms with Crippen LogP contribution in [0.5, 0.6) is 0 Å². The van der Waals surface area contributed by atoms with Crippen molar-refractivity contribution in [3.8, 4) is 0 Å². The Morgan fingerprint density at radius 1 is 1.15 bits per heavy atom. The Morgan fingerprint density at radius 3 is 2.52 bits per heavy atom. The molecule has 5 atom stereocenters. The van der Waals surface area contributed by atoms with Gasteiger partial charge in [0.25, 0.3) is 0 Å². The van der Waals surface area contributed by atoms with Crippen LogP contribution in [0.4, 0.5) is 4.79 Å². The Bertz CT molecular complexity index is 686. The number of rotatable bonds is 3. The van der Waals surface area contributed by atoms with Crippen LogP contribution >= 0.6 is 0 Å². The van der Waals surface area contributed by atoms with Gasteiger partial charge >= 0.3 is 6.03 Å². The molecular weight excluding hydrogens is 338 g/mol. The van der Waals surface area contributed by atoms with Gasteiger partial charge in [-0.1, -0.05) is 37.3 Å². The van der Waals surface area contributed by atoms with E-state index in [0.717, 1.165) is 38.8 Å². The highest BCUT2D eigenvalue weighted by atomic mass is 16.2. The molecule has 27 heavy (non-hydrogen) atoms. The van der Waals surface area contributed by atoms with Crippen molar-refractivity contribution >= 4 is 11.9 Å². The molecule has 2 aliphatic heterocycles. The first-order chi connectivity index (χ1) is 13.1. The quantitative estimate of drug-likeness (QED) is 0.889. The maximum atomic E-state index is 13.4. The lowest BCUT2D eigenvalue weighted by atomic mass is 9.77. The topological polar surface area (TPSA) is 52.7 Å². The largest absolute Gasteiger partial charge is 0.342 e. The molecule has 1 aromatic carbocycles. The first kappa shape index (κ1) is 18.3. The summed E-state index contributed by atoms with van der Waals surface area (Å²) in [5.74, 6) is 0.826. The molecule has 146 valence electrons. The van der Waals surface area contributed by atoms with Crippen molar-refractivity contribution in [2.24, 2.45) is 11.8 Å². The van der Waals surface area contributed by atoms with E-state index in [1.165, 1.54) is 5.56 Å². The van der Waals surface area contributed by atoms with Gasteiger partial charge in [0.2, 0.25) is 5.91 Å². The molecule has 0 unspecified atom stereocenters. The van der Waals surface area contributed by atoms with Crippen molar-refractivity contribution in [3.05, 3.63) is 35.9 Å². The van der Waals surface area contributed by atoms with Crippen LogP contribution in [0.25, 0.3) is 0 Å². The Balaban J connectivity index is 1.68. The number of fused-ring (bicyclic) bond motifs is 1. The number of urea groups is 1. The molecule has 1 aromatic rings. The fraction of sp³-hybridized carbons (Fsp3) is 0.636. The van der Waals surface area contributed by atoms with Crippen molar-refractivity contribution in [2.75, 3.05) is 19.6 Å². The summed E-state index contributed by atoms with van der Waals surface area (Å²) in [6, 6.07) is 10.8. The zero-order valence-corrected chi connectivity index (χ0v) is 16.4. The number of benzene rings is 1. The molecule has 0 spiro atoms. The predicted molar refractivity (Wildman–Crippen MR) is 105 cm³/mol. The van der Waals surface area contributed by atoms with E-state index in [1.807, 2.05) is 17.9 Å². The van der Waals surface area contributed by atoms with Gasteiger partial charge in [-0.05, 0) is 50.0 Å². The van der Waals surface area contributed by atoms with Crippen molar-refractivity contribution in [2.45, 2.75) is 57.5 Å². The second-order valence-electron chi connectivity index (χ2n) is 8.40. The summed E-state index contributed by atoms with van der Waals surface area (Å²) in [5, 5.41) is 3.18. The number of nitrogens with zero attached hydrogens (tertiary/aromatic N) is 2. The molecule has 2 heterocycles. The molecule has 0 bridgehead atoms. The predicted octanol–water partition coefficient (Wildman–Crippen LogP) is 3.22. The monoisotopic (exact) mass is 369 g/mol. The molecule has 3 aliphatic rings. The van der Waals surface area contributed by atoms with E-state index in [1.54, 1.807) is 0 Å². The summed E-state index contributed by atoms with van der Waals surface area (Å²) in [6.07, 6.45) is 3.90. The van der Waals surface area contributed by atoms with E-state index in [2.05, 4.69) is 41.4 Å². The molecule has 0 aromatic heterocycles. The molecular formula is C22H31N3O2. The number of carbonyl (C=O) groups is 2. The van der Waals surface area contributed by atoms with Gasteiger partial charge in [0.1, 0.15) is 0 Å². The molecule has 1 saturated carbocycles. The minimum absolute atomic E-state index is 0.0274. The second kappa shape index (κ2) is 7.53. The summed E-state index contributed by atoms with van der Waals surface area (Å²) in [4.78, 5) is 29.8.